The molecule has 0 spiro atoms. The summed E-state index contributed by atoms with van der Waals surface area (Å²) in [6.07, 6.45) is 4.76. The molecule has 0 aromatic carbocycles. The number of nitrogens with one attached hydrogen (secondary N) is 1. The summed E-state index contributed by atoms with van der Waals surface area (Å²) in [6.45, 7) is 0. The van der Waals surface area contributed by atoms with Crippen LogP contribution in [0.1, 0.15) is 0 Å². The van der Waals surface area contributed by atoms with E-state index in [2.05, 4.69) is 19.9 Å². The average molecular weight is 171 g/mol. The maximum atomic E-state index is 3.91. The molecule has 2 heterocycles. The van der Waals surface area contributed by atoms with Crippen molar-refractivity contribution in [1.29, 1.82) is 0 Å². The highest BCUT2D eigenvalue weighted by atomic mass is 32.1. The number of aromatic amines is 1. The number of hydrogen-bond acceptors (Lipinski definition) is 4. The number of rotatable bonds is 0. The van der Waals surface area contributed by atoms with Crippen molar-refractivity contribution in [2.75, 3.05) is 0 Å². The van der Waals surface area contributed by atoms with Gasteiger partial charge in [-0.15, -0.1) is 0 Å². The fourth-order valence-electron chi connectivity index (χ4n) is 0.691. The molecule has 2 aromatic heterocycles. The summed E-state index contributed by atoms with van der Waals surface area (Å²) in [7, 11) is 0. The Hall–Kier alpha value is -1.14. The van der Waals surface area contributed by atoms with Gasteiger partial charge in [0.2, 0.25) is 0 Å². The van der Waals surface area contributed by atoms with Crippen LogP contribution in [0.4, 0.5) is 0 Å². The minimum atomic E-state index is 0. The van der Waals surface area contributed by atoms with E-state index >= 15 is 0 Å². The van der Waals surface area contributed by atoms with E-state index in [0.717, 1.165) is 5.52 Å². The van der Waals surface area contributed by atoms with Gasteiger partial charge in [0, 0.05) is 0 Å². The SMILES string of the molecule is N.S.c1ncc2[nH]cnc2n1. The molecule has 0 unspecified atom stereocenters. The Bertz CT molecular complexity index is 289. The number of nitrogens with zero attached hydrogens (tertiary/aromatic N) is 3. The van der Waals surface area contributed by atoms with Crippen LogP contribution < -0.4 is 6.15 Å². The molecule has 0 bridgehead atoms. The Labute approximate surface area is 70.3 Å². The smallest absolute Gasteiger partial charge is 0.180 e. The van der Waals surface area contributed by atoms with Crippen molar-refractivity contribution in [3.63, 3.8) is 0 Å². The maximum Gasteiger partial charge on any atom is 0.180 e. The fourth-order valence-corrected chi connectivity index (χ4v) is 0.691. The van der Waals surface area contributed by atoms with Gasteiger partial charge in [-0.25, -0.2) is 15.0 Å². The van der Waals surface area contributed by atoms with Gasteiger partial charge in [-0.3, -0.25) is 0 Å². The average Bonchev–Trinajstić information content (AvgIpc) is 2.33. The van der Waals surface area contributed by atoms with E-state index in [-0.39, 0.29) is 19.6 Å². The van der Waals surface area contributed by atoms with Crippen LogP contribution in [0.3, 0.4) is 0 Å². The zero-order valence-corrected chi connectivity index (χ0v) is 6.78. The van der Waals surface area contributed by atoms with Crippen LogP contribution in [0.15, 0.2) is 18.9 Å². The Morgan fingerprint density at radius 1 is 1.27 bits per heavy atom. The summed E-state index contributed by atoms with van der Waals surface area (Å²) in [4.78, 5) is 14.5. The van der Waals surface area contributed by atoms with E-state index in [4.69, 9.17) is 0 Å². The van der Waals surface area contributed by atoms with Crippen molar-refractivity contribution in [3.05, 3.63) is 18.9 Å². The molecule has 5 nitrogen and oxygen atoms in total. The van der Waals surface area contributed by atoms with Crippen LogP contribution in [-0.4, -0.2) is 19.9 Å². The van der Waals surface area contributed by atoms with Crippen LogP contribution in [0.5, 0.6) is 0 Å². The van der Waals surface area contributed by atoms with Crippen LogP contribution >= 0.6 is 13.5 Å². The van der Waals surface area contributed by atoms with Crippen molar-refractivity contribution in [2.45, 2.75) is 0 Å². The van der Waals surface area contributed by atoms with Gasteiger partial charge in [0.15, 0.2) is 5.65 Å². The topological polar surface area (TPSA) is 89.5 Å². The zero-order valence-electron chi connectivity index (χ0n) is 5.78. The molecule has 0 saturated heterocycles. The van der Waals surface area contributed by atoms with Crippen LogP contribution in [0, 0.1) is 0 Å². The number of imidazole rings is 1. The molecule has 0 aliphatic heterocycles. The van der Waals surface area contributed by atoms with Crippen molar-refractivity contribution < 1.29 is 0 Å². The summed E-state index contributed by atoms with van der Waals surface area (Å²) in [6, 6.07) is 0. The molecule has 11 heavy (non-hydrogen) atoms. The van der Waals surface area contributed by atoms with Crippen LogP contribution in [0.25, 0.3) is 11.2 Å². The van der Waals surface area contributed by atoms with Gasteiger partial charge >= 0.3 is 0 Å². The second kappa shape index (κ2) is 3.89. The Balaban J connectivity index is 0.000000500. The molecule has 4 N–H and O–H groups in total. The van der Waals surface area contributed by atoms with E-state index in [0.29, 0.717) is 5.65 Å². The molecule has 2 aromatic rings. The molecule has 6 heteroatoms. The minimum absolute atomic E-state index is 0. The first-order valence-electron chi connectivity index (χ1n) is 2.56. The molecule has 0 aliphatic carbocycles. The lowest BCUT2D eigenvalue weighted by Crippen LogP contribution is -1.76. The standard InChI is InChI=1S/C5H4N4.H3N.H2S/c1-4-5(8-2-6-1)9-3-7-4;;/h1-3H,(H,6,7,8,9);1H3;1H2. The van der Waals surface area contributed by atoms with Gasteiger partial charge in [0.25, 0.3) is 0 Å². The zero-order chi connectivity index (χ0) is 6.10. The predicted molar refractivity (Wildman–Crippen MR) is 47.1 cm³/mol. The molecule has 0 aliphatic rings. The van der Waals surface area contributed by atoms with Crippen LogP contribution in [-0.2, 0) is 0 Å². The van der Waals surface area contributed by atoms with E-state index < -0.39 is 0 Å². The number of hydrogen-bond donors (Lipinski definition) is 2. The molecule has 2 rings (SSSR count). The molecule has 0 saturated carbocycles. The first-order valence-corrected chi connectivity index (χ1v) is 2.56. The third-order valence-corrected chi connectivity index (χ3v) is 1.10. The normalized spacial score (nSPS) is 8.36. The predicted octanol–water partition coefficient (Wildman–Crippen LogP) is 0.628. The maximum absolute atomic E-state index is 3.91. The van der Waals surface area contributed by atoms with Gasteiger partial charge in [-0.2, -0.15) is 13.5 Å². The highest BCUT2D eigenvalue weighted by Crippen LogP contribution is 1.99. The van der Waals surface area contributed by atoms with Gasteiger partial charge in [0.1, 0.15) is 11.8 Å². The first kappa shape index (κ1) is 9.86. The van der Waals surface area contributed by atoms with Gasteiger partial charge in [-0.1, -0.05) is 0 Å². The summed E-state index contributed by atoms with van der Waals surface area (Å²) in [5.41, 5.74) is 1.59. The highest BCUT2D eigenvalue weighted by Gasteiger charge is 1.91. The minimum Gasteiger partial charge on any atom is -0.344 e. The van der Waals surface area contributed by atoms with Gasteiger partial charge < -0.3 is 11.1 Å². The van der Waals surface area contributed by atoms with Crippen molar-refractivity contribution in [2.24, 2.45) is 0 Å². The van der Waals surface area contributed by atoms with Gasteiger partial charge in [-0.05, 0) is 0 Å². The molecule has 0 fully saturated rings. The molecule has 0 radical (unpaired) electrons. The molecule has 0 amide bonds. The van der Waals surface area contributed by atoms with Crippen molar-refractivity contribution in [3.8, 4) is 0 Å². The van der Waals surface area contributed by atoms with E-state index in [1.165, 1.54) is 6.33 Å². The second-order valence-electron chi connectivity index (χ2n) is 1.66. The largest absolute Gasteiger partial charge is 0.344 e. The van der Waals surface area contributed by atoms with Crippen LogP contribution in [0.2, 0.25) is 0 Å². The fraction of sp³-hybridized carbons (Fsp3) is 0. The number of aromatic nitrogens is 4. The summed E-state index contributed by atoms with van der Waals surface area (Å²) in [5, 5.41) is 0. The third-order valence-electron chi connectivity index (χ3n) is 1.10. The molecular formula is C5H9N5S. The Morgan fingerprint density at radius 2 is 2.09 bits per heavy atom. The van der Waals surface area contributed by atoms with E-state index in [1.54, 1.807) is 12.5 Å². The molecule has 0 atom stereocenters. The van der Waals surface area contributed by atoms with Crippen molar-refractivity contribution in [1.82, 2.24) is 26.1 Å². The van der Waals surface area contributed by atoms with Gasteiger partial charge in [0.05, 0.1) is 12.5 Å². The van der Waals surface area contributed by atoms with Crippen molar-refractivity contribution >= 4 is 24.7 Å². The highest BCUT2D eigenvalue weighted by molar-refractivity contribution is 7.59. The monoisotopic (exact) mass is 171 g/mol. The Kier molecular flexibility index (Phi) is 3.49. The number of H-pyrrole nitrogens is 1. The number of fused-ring (bicyclic) bond motifs is 1. The Morgan fingerprint density at radius 3 is 2.82 bits per heavy atom. The summed E-state index contributed by atoms with van der Waals surface area (Å²) >= 11 is 0. The quantitative estimate of drug-likeness (QED) is 0.608. The lowest BCUT2D eigenvalue weighted by Gasteiger charge is -1.80. The van der Waals surface area contributed by atoms with E-state index in [9.17, 15) is 0 Å². The molecular weight excluding hydrogens is 162 g/mol. The lowest BCUT2D eigenvalue weighted by atomic mass is 10.6. The second-order valence-corrected chi connectivity index (χ2v) is 1.66. The first-order chi connectivity index (χ1) is 4.47. The summed E-state index contributed by atoms with van der Waals surface area (Å²) < 4.78 is 0. The lowest BCUT2D eigenvalue weighted by molar-refractivity contribution is 1.20. The van der Waals surface area contributed by atoms with E-state index in [1.807, 2.05) is 0 Å². The summed E-state index contributed by atoms with van der Waals surface area (Å²) in [5.74, 6) is 0. The third kappa shape index (κ3) is 1.66. The molecule has 60 valence electrons.